The molecule has 0 aliphatic carbocycles. The van der Waals surface area contributed by atoms with Crippen molar-refractivity contribution in [3.63, 3.8) is 0 Å². The van der Waals surface area contributed by atoms with E-state index in [1.54, 1.807) is 12.1 Å². The molecule has 0 spiro atoms. The van der Waals surface area contributed by atoms with Gasteiger partial charge in [-0.3, -0.25) is 0 Å². The first-order valence-electron chi connectivity index (χ1n) is 5.49. The Bertz CT molecular complexity index is 404. The number of hydrogen-bond donors (Lipinski definition) is 1. The van der Waals surface area contributed by atoms with E-state index < -0.39 is 0 Å². The Balaban J connectivity index is 3.08. The van der Waals surface area contributed by atoms with E-state index in [0.717, 1.165) is 5.69 Å². The predicted molar refractivity (Wildman–Crippen MR) is 68.3 cm³/mol. The summed E-state index contributed by atoms with van der Waals surface area (Å²) in [7, 11) is 2.01. The lowest BCUT2D eigenvalue weighted by Gasteiger charge is -2.31. The highest BCUT2D eigenvalue weighted by molar-refractivity contribution is 5.69. The maximum absolute atomic E-state index is 8.87. The van der Waals surface area contributed by atoms with Gasteiger partial charge in [-0.1, -0.05) is 13.8 Å². The Morgan fingerprint density at radius 3 is 2.44 bits per heavy atom. The first kappa shape index (κ1) is 12.4. The van der Waals surface area contributed by atoms with E-state index in [2.05, 4.69) is 31.7 Å². The lowest BCUT2D eigenvalue weighted by molar-refractivity contribution is 0.506. The summed E-state index contributed by atoms with van der Waals surface area (Å²) in [5.74, 6) is 0.537. The molecule has 0 aliphatic heterocycles. The van der Waals surface area contributed by atoms with E-state index in [1.807, 2.05) is 13.1 Å². The summed E-state index contributed by atoms with van der Waals surface area (Å²) in [6, 6.07) is 7.89. The van der Waals surface area contributed by atoms with E-state index in [1.165, 1.54) is 0 Å². The lowest BCUT2D eigenvalue weighted by Crippen LogP contribution is -2.33. The lowest BCUT2D eigenvalue weighted by atomic mass is 10.0. The van der Waals surface area contributed by atoms with Crippen LogP contribution < -0.4 is 10.6 Å². The van der Waals surface area contributed by atoms with Crippen LogP contribution in [-0.2, 0) is 0 Å². The number of rotatable bonds is 3. The van der Waals surface area contributed by atoms with Crippen LogP contribution in [0.2, 0.25) is 0 Å². The topological polar surface area (TPSA) is 53.0 Å². The number of benzene rings is 1. The first-order chi connectivity index (χ1) is 7.47. The summed E-state index contributed by atoms with van der Waals surface area (Å²) in [5, 5.41) is 8.87. The average Bonchev–Trinajstić information content (AvgIpc) is 2.27. The largest absolute Gasteiger partial charge is 0.397 e. The molecular weight excluding hydrogens is 198 g/mol. The molecular formula is C13H19N3. The molecule has 0 aromatic heterocycles. The molecule has 0 aliphatic rings. The molecule has 1 aromatic rings. The molecule has 0 saturated heterocycles. The standard InChI is InChI=1S/C13H19N3/c1-9(2)10(3)16(4)13-7-11(8-14)5-6-12(13)15/h5-7,9-10H,15H2,1-4H3. The predicted octanol–water partition coefficient (Wildman–Crippen LogP) is 2.62. The third-order valence-electron chi connectivity index (χ3n) is 3.12. The van der Waals surface area contributed by atoms with Crippen molar-refractivity contribution in [1.82, 2.24) is 0 Å². The molecule has 0 fully saturated rings. The molecule has 1 unspecified atom stereocenters. The highest BCUT2D eigenvalue weighted by atomic mass is 15.1. The van der Waals surface area contributed by atoms with Gasteiger partial charge in [-0.25, -0.2) is 0 Å². The molecule has 1 atom stereocenters. The normalized spacial score (nSPS) is 12.2. The van der Waals surface area contributed by atoms with Gasteiger partial charge in [-0.2, -0.15) is 5.26 Å². The monoisotopic (exact) mass is 217 g/mol. The SMILES string of the molecule is CC(C)C(C)N(C)c1cc(C#N)ccc1N. The highest BCUT2D eigenvalue weighted by Gasteiger charge is 2.15. The molecule has 0 amide bonds. The van der Waals surface area contributed by atoms with Gasteiger partial charge in [0.05, 0.1) is 23.0 Å². The Labute approximate surface area is 97.5 Å². The minimum Gasteiger partial charge on any atom is -0.397 e. The van der Waals surface area contributed by atoms with Gasteiger partial charge in [0.2, 0.25) is 0 Å². The van der Waals surface area contributed by atoms with Crippen molar-refractivity contribution >= 4 is 11.4 Å². The van der Waals surface area contributed by atoms with Crippen LogP contribution in [-0.4, -0.2) is 13.1 Å². The highest BCUT2D eigenvalue weighted by Crippen LogP contribution is 2.26. The molecule has 0 heterocycles. The third kappa shape index (κ3) is 2.46. The van der Waals surface area contributed by atoms with Crippen LogP contribution in [0.5, 0.6) is 0 Å². The van der Waals surface area contributed by atoms with Crippen LogP contribution in [0.1, 0.15) is 26.3 Å². The number of nitriles is 1. The van der Waals surface area contributed by atoms with Gasteiger partial charge in [0, 0.05) is 13.1 Å². The Kier molecular flexibility index (Phi) is 3.78. The zero-order valence-electron chi connectivity index (χ0n) is 10.4. The average molecular weight is 217 g/mol. The molecule has 2 N–H and O–H groups in total. The van der Waals surface area contributed by atoms with Gasteiger partial charge < -0.3 is 10.6 Å². The van der Waals surface area contributed by atoms with E-state index >= 15 is 0 Å². The molecule has 3 nitrogen and oxygen atoms in total. The number of anilines is 2. The second-order valence-electron chi connectivity index (χ2n) is 4.48. The summed E-state index contributed by atoms with van der Waals surface area (Å²) in [6.45, 7) is 6.50. The fraction of sp³-hybridized carbons (Fsp3) is 0.462. The first-order valence-corrected chi connectivity index (χ1v) is 5.49. The van der Waals surface area contributed by atoms with Gasteiger partial charge in [-0.05, 0) is 31.0 Å². The zero-order chi connectivity index (χ0) is 12.3. The number of nitrogens with zero attached hydrogens (tertiary/aromatic N) is 2. The van der Waals surface area contributed by atoms with Crippen molar-refractivity contribution in [3.8, 4) is 6.07 Å². The van der Waals surface area contributed by atoms with Crippen molar-refractivity contribution in [2.24, 2.45) is 5.92 Å². The summed E-state index contributed by atoms with van der Waals surface area (Å²) in [6.07, 6.45) is 0. The molecule has 3 heteroatoms. The third-order valence-corrected chi connectivity index (χ3v) is 3.12. The Hall–Kier alpha value is -1.69. The minimum atomic E-state index is 0.385. The second-order valence-corrected chi connectivity index (χ2v) is 4.48. The van der Waals surface area contributed by atoms with Gasteiger partial charge >= 0.3 is 0 Å². The molecule has 16 heavy (non-hydrogen) atoms. The fourth-order valence-electron chi connectivity index (χ4n) is 1.59. The van der Waals surface area contributed by atoms with E-state index in [0.29, 0.717) is 23.2 Å². The summed E-state index contributed by atoms with van der Waals surface area (Å²) >= 11 is 0. The summed E-state index contributed by atoms with van der Waals surface area (Å²) in [5.41, 5.74) is 8.22. The maximum Gasteiger partial charge on any atom is 0.0992 e. The molecule has 0 radical (unpaired) electrons. The van der Waals surface area contributed by atoms with E-state index in [-0.39, 0.29) is 0 Å². The zero-order valence-corrected chi connectivity index (χ0v) is 10.4. The maximum atomic E-state index is 8.87. The molecule has 0 saturated carbocycles. The van der Waals surface area contributed by atoms with Crippen molar-refractivity contribution in [1.29, 1.82) is 5.26 Å². The Morgan fingerprint density at radius 1 is 1.31 bits per heavy atom. The van der Waals surface area contributed by atoms with E-state index in [9.17, 15) is 0 Å². The van der Waals surface area contributed by atoms with Crippen molar-refractivity contribution in [2.75, 3.05) is 17.7 Å². The molecule has 1 rings (SSSR count). The minimum absolute atomic E-state index is 0.385. The summed E-state index contributed by atoms with van der Waals surface area (Å²) in [4.78, 5) is 2.13. The summed E-state index contributed by atoms with van der Waals surface area (Å²) < 4.78 is 0. The van der Waals surface area contributed by atoms with Crippen LogP contribution in [0.3, 0.4) is 0 Å². The van der Waals surface area contributed by atoms with Crippen LogP contribution in [0, 0.1) is 17.2 Å². The number of nitrogens with two attached hydrogens (primary N) is 1. The van der Waals surface area contributed by atoms with Gasteiger partial charge in [0.25, 0.3) is 0 Å². The van der Waals surface area contributed by atoms with Crippen LogP contribution >= 0.6 is 0 Å². The number of hydrogen-bond acceptors (Lipinski definition) is 3. The second kappa shape index (κ2) is 4.89. The van der Waals surface area contributed by atoms with Gasteiger partial charge in [0.1, 0.15) is 0 Å². The Morgan fingerprint density at radius 2 is 1.94 bits per heavy atom. The molecule has 0 bridgehead atoms. The molecule has 1 aromatic carbocycles. The van der Waals surface area contributed by atoms with Crippen LogP contribution in [0.25, 0.3) is 0 Å². The van der Waals surface area contributed by atoms with E-state index in [4.69, 9.17) is 11.0 Å². The van der Waals surface area contributed by atoms with Crippen molar-refractivity contribution in [3.05, 3.63) is 23.8 Å². The van der Waals surface area contributed by atoms with Crippen molar-refractivity contribution < 1.29 is 0 Å². The van der Waals surface area contributed by atoms with Gasteiger partial charge in [-0.15, -0.1) is 0 Å². The van der Waals surface area contributed by atoms with Gasteiger partial charge in [0.15, 0.2) is 0 Å². The molecule has 86 valence electrons. The smallest absolute Gasteiger partial charge is 0.0992 e. The fourth-order valence-corrected chi connectivity index (χ4v) is 1.59. The number of nitrogen functional groups attached to an aromatic ring is 1. The van der Waals surface area contributed by atoms with Crippen LogP contribution in [0.15, 0.2) is 18.2 Å². The van der Waals surface area contributed by atoms with Crippen LogP contribution in [0.4, 0.5) is 11.4 Å². The van der Waals surface area contributed by atoms with Crippen molar-refractivity contribution in [2.45, 2.75) is 26.8 Å². The quantitative estimate of drug-likeness (QED) is 0.792.